The molecule has 7 rings (SSSR count). The van der Waals surface area contributed by atoms with Gasteiger partial charge in [-0.15, -0.1) is 0 Å². The van der Waals surface area contributed by atoms with Gasteiger partial charge in [-0.2, -0.15) is 0 Å². The summed E-state index contributed by atoms with van der Waals surface area (Å²) in [5.74, 6) is 2.76. The van der Waals surface area contributed by atoms with Crippen molar-refractivity contribution in [2.75, 3.05) is 36.2 Å². The van der Waals surface area contributed by atoms with Gasteiger partial charge in [-0.25, -0.2) is 34.1 Å². The third-order valence-electron chi connectivity index (χ3n) is 7.96. The molecule has 1 aliphatic heterocycles. The fraction of sp³-hybridized carbons (Fsp3) is 0.471. The number of imidazole rings is 1. The third-order valence-corrected chi connectivity index (χ3v) is 7.96. The van der Waals surface area contributed by atoms with Crippen molar-refractivity contribution in [1.82, 2.24) is 34.2 Å². The number of nitrogens with one attached hydrogen (secondary N) is 2. The number of hydrogen-bond acceptors (Lipinski definition) is 10. The quantitative estimate of drug-likeness (QED) is 0.179. The molecule has 3 amide bonds. The zero-order valence-corrected chi connectivity index (χ0v) is 28.9. The highest BCUT2D eigenvalue weighted by atomic mass is 19.1. The number of hydrogen-bond donors (Lipinski definition) is 2. The molecule has 2 N–H and O–H groups in total. The summed E-state index contributed by atoms with van der Waals surface area (Å²) in [6.45, 7) is 11.9. The van der Waals surface area contributed by atoms with Gasteiger partial charge < -0.3 is 19.8 Å². The van der Waals surface area contributed by atoms with Crippen molar-refractivity contribution in [2.45, 2.75) is 79.2 Å². The first-order valence-electron chi connectivity index (χ1n) is 16.5. The van der Waals surface area contributed by atoms with E-state index in [1.165, 1.54) is 17.5 Å². The van der Waals surface area contributed by atoms with Gasteiger partial charge in [0.05, 0.1) is 29.8 Å². The summed E-state index contributed by atoms with van der Waals surface area (Å²) in [7, 11) is 3.32. The van der Waals surface area contributed by atoms with Gasteiger partial charge in [0.25, 0.3) is 0 Å². The van der Waals surface area contributed by atoms with Crippen LogP contribution in [0.15, 0.2) is 30.7 Å². The lowest BCUT2D eigenvalue weighted by Gasteiger charge is -2.17. The van der Waals surface area contributed by atoms with Crippen LogP contribution >= 0.6 is 0 Å². The van der Waals surface area contributed by atoms with E-state index < -0.39 is 5.82 Å². The first kappa shape index (κ1) is 35.8. The summed E-state index contributed by atoms with van der Waals surface area (Å²) >= 11 is 0. The fourth-order valence-corrected chi connectivity index (χ4v) is 5.14. The van der Waals surface area contributed by atoms with Gasteiger partial charge in [-0.1, -0.05) is 27.7 Å². The number of pyridine rings is 1. The monoisotopic (exact) mass is 660 g/mol. The van der Waals surface area contributed by atoms with E-state index in [0.717, 1.165) is 48.2 Å². The molecule has 0 bridgehead atoms. The molecule has 2 atom stereocenters. The minimum Gasteiger partial charge on any atom is -0.373 e. The molecule has 3 fully saturated rings. The van der Waals surface area contributed by atoms with Gasteiger partial charge in [-0.3, -0.25) is 14.6 Å². The van der Waals surface area contributed by atoms with E-state index in [1.54, 1.807) is 6.92 Å². The largest absolute Gasteiger partial charge is 0.373 e. The summed E-state index contributed by atoms with van der Waals surface area (Å²) in [6, 6.07) is 3.52. The van der Waals surface area contributed by atoms with Crippen molar-refractivity contribution in [3.05, 3.63) is 65.1 Å². The minimum absolute atomic E-state index is 0.0343. The molecule has 3 aliphatic rings. The SMILES string of the molecule is CC.CC.CNc1cc(NCc2cn3cc(C4CC4)cc(N4CC(=O)N(C)C4=O)c3n2)nc(C)n1.Cc1nc([C@H]2CC2C=O)ncc1F. The van der Waals surface area contributed by atoms with E-state index in [1.807, 2.05) is 64.4 Å². The minimum atomic E-state index is -0.396. The molecule has 256 valence electrons. The lowest BCUT2D eigenvalue weighted by molar-refractivity contribution is -0.123. The lowest BCUT2D eigenvalue weighted by atomic mass is 10.1. The van der Waals surface area contributed by atoms with Crippen LogP contribution in [0, 0.1) is 25.6 Å². The second-order valence-corrected chi connectivity index (χ2v) is 11.3. The number of aldehydes is 1. The maximum atomic E-state index is 12.8. The summed E-state index contributed by atoms with van der Waals surface area (Å²) in [5.41, 5.74) is 3.66. The molecule has 2 saturated carbocycles. The molecule has 0 aromatic carbocycles. The van der Waals surface area contributed by atoms with Gasteiger partial charge in [0, 0.05) is 44.4 Å². The molecule has 48 heavy (non-hydrogen) atoms. The second-order valence-electron chi connectivity index (χ2n) is 11.3. The van der Waals surface area contributed by atoms with E-state index in [-0.39, 0.29) is 30.3 Å². The maximum absolute atomic E-state index is 12.8. The van der Waals surface area contributed by atoms with Crippen molar-refractivity contribution in [3.8, 4) is 0 Å². The number of carbonyl (C=O) groups excluding carboxylic acids is 3. The Balaban J connectivity index is 0.000000255. The first-order chi connectivity index (χ1) is 23.1. The van der Waals surface area contributed by atoms with Crippen LogP contribution in [0.1, 0.15) is 87.4 Å². The molecule has 5 heterocycles. The number of imide groups is 1. The topological polar surface area (TPSA) is 151 Å². The predicted molar refractivity (Wildman–Crippen MR) is 183 cm³/mol. The Bertz CT molecular complexity index is 1770. The van der Waals surface area contributed by atoms with Crippen molar-refractivity contribution in [2.24, 2.45) is 5.92 Å². The van der Waals surface area contributed by atoms with E-state index in [4.69, 9.17) is 4.98 Å². The first-order valence-corrected chi connectivity index (χ1v) is 16.5. The fourth-order valence-electron chi connectivity index (χ4n) is 5.14. The second kappa shape index (κ2) is 15.7. The number of amides is 3. The summed E-state index contributed by atoms with van der Waals surface area (Å²) in [6.07, 6.45) is 9.19. The normalized spacial score (nSPS) is 17.9. The lowest BCUT2D eigenvalue weighted by Crippen LogP contribution is -2.30. The Hall–Kier alpha value is -5.01. The van der Waals surface area contributed by atoms with Crippen molar-refractivity contribution in [1.29, 1.82) is 0 Å². The van der Waals surface area contributed by atoms with Gasteiger partial charge in [0.15, 0.2) is 11.5 Å². The average molecular weight is 661 g/mol. The van der Waals surface area contributed by atoms with Crippen molar-refractivity contribution in [3.63, 3.8) is 0 Å². The van der Waals surface area contributed by atoms with Crippen LogP contribution in [0.5, 0.6) is 0 Å². The molecule has 13 nitrogen and oxygen atoms in total. The average Bonchev–Trinajstić information content (AvgIpc) is 4.04. The Morgan fingerprint density at radius 1 is 1.00 bits per heavy atom. The third kappa shape index (κ3) is 8.09. The highest BCUT2D eigenvalue weighted by Gasteiger charge is 2.40. The van der Waals surface area contributed by atoms with Crippen LogP contribution in [0.2, 0.25) is 0 Å². The molecule has 0 spiro atoms. The number of carbonyl (C=O) groups is 3. The number of rotatable bonds is 8. The number of anilines is 3. The number of aromatic nitrogens is 6. The smallest absolute Gasteiger partial charge is 0.331 e. The Kier molecular flexibility index (Phi) is 11.7. The Morgan fingerprint density at radius 2 is 1.71 bits per heavy atom. The van der Waals surface area contributed by atoms with Crippen LogP contribution < -0.4 is 15.5 Å². The molecule has 0 radical (unpaired) electrons. The van der Waals surface area contributed by atoms with E-state index in [2.05, 4.69) is 36.8 Å². The van der Waals surface area contributed by atoms with Crippen LogP contribution in [-0.4, -0.2) is 73.1 Å². The number of aryl methyl sites for hydroxylation is 2. The Morgan fingerprint density at radius 3 is 2.29 bits per heavy atom. The molecule has 1 unspecified atom stereocenters. The van der Waals surface area contributed by atoms with Gasteiger partial charge in [0.2, 0.25) is 5.91 Å². The van der Waals surface area contributed by atoms with Crippen LogP contribution in [-0.2, 0) is 16.1 Å². The standard InChI is InChI=1S/C21H24N8O2.C9H9FN2O.2C2H6/c1-12-24-17(22-2)7-18(25-12)23-8-15-10-28-9-14(13-4-5-13)6-16(20(28)26-15)29-11-19(30)27(3)21(29)31;1-5-8(10)3-11-9(12-5)7-2-6(7)4-13;2*1-2/h6-7,9-10,13H,4-5,8,11H2,1-3H3,(H2,22,23,24,25);3-4,6-7H,2H2,1H3;2*1-2H3/t;6?,7-;;/m.0../s1. The molecule has 4 aromatic rings. The van der Waals surface area contributed by atoms with Crippen molar-refractivity contribution >= 4 is 41.2 Å². The summed E-state index contributed by atoms with van der Waals surface area (Å²) < 4.78 is 14.7. The molecular weight excluding hydrogens is 615 g/mol. The number of fused-ring (bicyclic) bond motifs is 1. The number of urea groups is 1. The predicted octanol–water partition coefficient (Wildman–Crippen LogP) is 5.64. The zero-order valence-electron chi connectivity index (χ0n) is 28.9. The van der Waals surface area contributed by atoms with E-state index in [9.17, 15) is 18.8 Å². The number of halogens is 1. The summed E-state index contributed by atoms with van der Waals surface area (Å²) in [4.78, 5) is 59.1. The van der Waals surface area contributed by atoms with Crippen molar-refractivity contribution < 1.29 is 18.8 Å². The van der Waals surface area contributed by atoms with E-state index in [0.29, 0.717) is 47.0 Å². The van der Waals surface area contributed by atoms with Crippen LogP contribution in [0.4, 0.5) is 26.5 Å². The van der Waals surface area contributed by atoms with Crippen LogP contribution in [0.25, 0.3) is 5.65 Å². The highest BCUT2D eigenvalue weighted by Crippen LogP contribution is 2.44. The Labute approximate surface area is 280 Å². The highest BCUT2D eigenvalue weighted by molar-refractivity contribution is 6.13. The molecule has 14 heteroatoms. The van der Waals surface area contributed by atoms with Gasteiger partial charge in [-0.05, 0) is 50.7 Å². The molecule has 1 saturated heterocycles. The number of likely N-dealkylation sites (N-methyl/N-ethyl adjacent to an activating group) is 1. The molecule has 4 aromatic heterocycles. The maximum Gasteiger partial charge on any atom is 0.331 e. The zero-order chi connectivity index (χ0) is 35.1. The number of nitrogens with zero attached hydrogens (tertiary/aromatic N) is 8. The van der Waals surface area contributed by atoms with Gasteiger partial charge >= 0.3 is 6.03 Å². The van der Waals surface area contributed by atoms with Gasteiger partial charge in [0.1, 0.15) is 36.1 Å². The molecular formula is C34H45FN10O3. The molecule has 2 aliphatic carbocycles. The summed E-state index contributed by atoms with van der Waals surface area (Å²) in [5, 5.41) is 6.31. The van der Waals surface area contributed by atoms with E-state index >= 15 is 0 Å². The van der Waals surface area contributed by atoms with Crippen LogP contribution in [0.3, 0.4) is 0 Å².